The summed E-state index contributed by atoms with van der Waals surface area (Å²) in [6.07, 6.45) is 4.57. The first-order valence-electron chi connectivity index (χ1n) is 8.46. The number of aromatic nitrogens is 5. The molecule has 0 fully saturated rings. The van der Waals surface area contributed by atoms with Crippen LogP contribution in [0.5, 0.6) is 0 Å². The van der Waals surface area contributed by atoms with Gasteiger partial charge in [0.1, 0.15) is 11.6 Å². The molecule has 0 aliphatic heterocycles. The second kappa shape index (κ2) is 6.99. The van der Waals surface area contributed by atoms with Crippen molar-refractivity contribution in [3.8, 4) is 22.8 Å². The molecular formula is C19H16F3N5O. The third-order valence-electron chi connectivity index (χ3n) is 4.35. The average molecular weight is 387 g/mol. The molecule has 28 heavy (non-hydrogen) atoms. The lowest BCUT2D eigenvalue weighted by Gasteiger charge is -2.09. The van der Waals surface area contributed by atoms with Crippen molar-refractivity contribution >= 4 is 0 Å². The predicted octanol–water partition coefficient (Wildman–Crippen LogP) is 4.37. The van der Waals surface area contributed by atoms with Crippen LogP contribution >= 0.6 is 0 Å². The van der Waals surface area contributed by atoms with Crippen LogP contribution in [-0.4, -0.2) is 24.3 Å². The van der Waals surface area contributed by atoms with E-state index >= 15 is 0 Å². The van der Waals surface area contributed by atoms with Gasteiger partial charge in [-0.05, 0) is 36.2 Å². The van der Waals surface area contributed by atoms with E-state index in [-0.39, 0.29) is 11.5 Å². The number of rotatable bonds is 5. The number of nitrogens with zero attached hydrogens (tertiary/aromatic N) is 5. The maximum atomic E-state index is 14.2. The zero-order chi connectivity index (χ0) is 19.8. The van der Waals surface area contributed by atoms with Gasteiger partial charge in [-0.15, -0.1) is 10.2 Å². The van der Waals surface area contributed by atoms with Crippen molar-refractivity contribution < 1.29 is 17.6 Å². The van der Waals surface area contributed by atoms with Gasteiger partial charge in [0.25, 0.3) is 5.89 Å². The summed E-state index contributed by atoms with van der Waals surface area (Å²) < 4.78 is 48.4. The minimum Gasteiger partial charge on any atom is -0.415 e. The Bertz CT molecular complexity index is 1130. The van der Waals surface area contributed by atoms with Crippen molar-refractivity contribution in [2.45, 2.75) is 19.9 Å². The quantitative estimate of drug-likeness (QED) is 0.510. The Labute approximate surface area is 158 Å². The zero-order valence-electron chi connectivity index (χ0n) is 15.1. The highest BCUT2D eigenvalue weighted by molar-refractivity contribution is 5.65. The zero-order valence-corrected chi connectivity index (χ0v) is 15.1. The van der Waals surface area contributed by atoms with Crippen LogP contribution in [0.4, 0.5) is 13.2 Å². The van der Waals surface area contributed by atoms with E-state index in [1.807, 2.05) is 35.5 Å². The van der Waals surface area contributed by atoms with Crippen LogP contribution in [0.3, 0.4) is 0 Å². The lowest BCUT2D eigenvalue weighted by atomic mass is 10.1. The SMILES string of the molecule is Cc1cn(C)cc1Cn1ccnc1-c1cc(F)cc(-c2nnc(C(F)F)o2)c1. The molecule has 1 aromatic carbocycles. The van der Waals surface area contributed by atoms with Crippen LogP contribution in [-0.2, 0) is 13.6 Å². The largest absolute Gasteiger partial charge is 0.415 e. The molecule has 0 aliphatic carbocycles. The molecule has 4 aromatic rings. The minimum atomic E-state index is -2.89. The number of hydrogen-bond acceptors (Lipinski definition) is 4. The van der Waals surface area contributed by atoms with Gasteiger partial charge in [-0.3, -0.25) is 0 Å². The standard InChI is InChI=1S/C19H16F3N5O/c1-11-8-26(2)9-14(11)10-27-4-3-23-17(27)12-5-13(7-15(20)6-12)18-24-25-19(28-18)16(21)22/h3-9,16H,10H2,1-2H3. The molecule has 0 bridgehead atoms. The monoisotopic (exact) mass is 387 g/mol. The van der Waals surface area contributed by atoms with Gasteiger partial charge in [-0.1, -0.05) is 0 Å². The summed E-state index contributed by atoms with van der Waals surface area (Å²) >= 11 is 0. The van der Waals surface area contributed by atoms with Crippen molar-refractivity contribution in [1.29, 1.82) is 0 Å². The number of benzene rings is 1. The Morgan fingerprint density at radius 3 is 2.57 bits per heavy atom. The first kappa shape index (κ1) is 18.0. The molecule has 0 saturated heterocycles. The van der Waals surface area contributed by atoms with Crippen molar-refractivity contribution in [3.05, 3.63) is 65.8 Å². The number of imidazole rings is 1. The molecule has 0 atom stereocenters. The molecule has 9 heteroatoms. The summed E-state index contributed by atoms with van der Waals surface area (Å²) in [5.41, 5.74) is 2.93. The molecule has 0 saturated carbocycles. The lowest BCUT2D eigenvalue weighted by molar-refractivity contribution is 0.116. The van der Waals surface area contributed by atoms with Crippen LogP contribution in [0, 0.1) is 12.7 Å². The Hall–Kier alpha value is -3.36. The first-order valence-corrected chi connectivity index (χ1v) is 8.46. The molecule has 0 unspecified atom stereocenters. The summed E-state index contributed by atoms with van der Waals surface area (Å²) in [7, 11) is 1.95. The second-order valence-electron chi connectivity index (χ2n) is 6.49. The van der Waals surface area contributed by atoms with E-state index in [9.17, 15) is 13.2 Å². The maximum Gasteiger partial charge on any atom is 0.314 e. The molecule has 0 amide bonds. The molecule has 3 heterocycles. The predicted molar refractivity (Wildman–Crippen MR) is 95.1 cm³/mol. The summed E-state index contributed by atoms with van der Waals surface area (Å²) in [6, 6.07) is 4.06. The maximum absolute atomic E-state index is 14.2. The molecular weight excluding hydrogens is 371 g/mol. The number of alkyl halides is 2. The van der Waals surface area contributed by atoms with E-state index in [0.717, 1.165) is 17.2 Å². The number of halogens is 3. The van der Waals surface area contributed by atoms with E-state index in [4.69, 9.17) is 4.42 Å². The van der Waals surface area contributed by atoms with E-state index in [1.54, 1.807) is 18.5 Å². The third kappa shape index (κ3) is 3.42. The van der Waals surface area contributed by atoms with Gasteiger partial charge in [0.05, 0.1) is 6.54 Å². The molecule has 0 radical (unpaired) electrons. The van der Waals surface area contributed by atoms with E-state index in [1.165, 1.54) is 6.07 Å². The summed E-state index contributed by atoms with van der Waals surface area (Å²) in [4.78, 5) is 4.33. The molecule has 0 N–H and O–H groups in total. The number of hydrogen-bond donors (Lipinski definition) is 0. The summed E-state index contributed by atoms with van der Waals surface area (Å²) in [5.74, 6) is -0.998. The third-order valence-corrected chi connectivity index (χ3v) is 4.35. The van der Waals surface area contributed by atoms with Gasteiger partial charge < -0.3 is 13.6 Å². The van der Waals surface area contributed by atoms with E-state index in [2.05, 4.69) is 15.2 Å². The van der Waals surface area contributed by atoms with Crippen LogP contribution < -0.4 is 0 Å². The van der Waals surface area contributed by atoms with Gasteiger partial charge in [0.15, 0.2) is 0 Å². The smallest absolute Gasteiger partial charge is 0.314 e. The number of aryl methyl sites for hydroxylation is 2. The van der Waals surface area contributed by atoms with Crippen LogP contribution in [0.15, 0.2) is 47.4 Å². The molecule has 0 spiro atoms. The van der Waals surface area contributed by atoms with E-state index in [0.29, 0.717) is 17.9 Å². The van der Waals surface area contributed by atoms with Crippen molar-refractivity contribution in [2.75, 3.05) is 0 Å². The fourth-order valence-corrected chi connectivity index (χ4v) is 3.10. The highest BCUT2D eigenvalue weighted by atomic mass is 19.3. The summed E-state index contributed by atoms with van der Waals surface area (Å²) in [6.45, 7) is 2.58. The fraction of sp³-hybridized carbons (Fsp3) is 0.211. The minimum absolute atomic E-state index is 0.173. The van der Waals surface area contributed by atoms with Gasteiger partial charge >= 0.3 is 6.43 Å². The lowest BCUT2D eigenvalue weighted by Crippen LogP contribution is -2.02. The first-order chi connectivity index (χ1) is 13.4. The molecule has 6 nitrogen and oxygen atoms in total. The highest BCUT2D eigenvalue weighted by Gasteiger charge is 2.19. The molecule has 144 valence electrons. The van der Waals surface area contributed by atoms with Crippen molar-refractivity contribution in [3.63, 3.8) is 0 Å². The molecule has 4 rings (SSSR count). The highest BCUT2D eigenvalue weighted by Crippen LogP contribution is 2.28. The Kier molecular flexibility index (Phi) is 4.50. The van der Waals surface area contributed by atoms with E-state index < -0.39 is 18.1 Å². The van der Waals surface area contributed by atoms with Gasteiger partial charge in [-0.25, -0.2) is 9.37 Å². The second-order valence-corrected chi connectivity index (χ2v) is 6.49. The Balaban J connectivity index is 1.71. The Morgan fingerprint density at radius 1 is 1.11 bits per heavy atom. The van der Waals surface area contributed by atoms with Crippen LogP contribution in [0.1, 0.15) is 23.4 Å². The molecule has 3 aromatic heterocycles. The fourth-order valence-electron chi connectivity index (χ4n) is 3.10. The topological polar surface area (TPSA) is 61.7 Å². The Morgan fingerprint density at radius 2 is 1.89 bits per heavy atom. The van der Waals surface area contributed by atoms with Crippen molar-refractivity contribution in [1.82, 2.24) is 24.3 Å². The van der Waals surface area contributed by atoms with Crippen LogP contribution in [0.2, 0.25) is 0 Å². The normalized spacial score (nSPS) is 11.5. The van der Waals surface area contributed by atoms with Gasteiger partial charge in [0.2, 0.25) is 5.89 Å². The summed E-state index contributed by atoms with van der Waals surface area (Å²) in [5, 5.41) is 6.87. The molecule has 0 aliphatic rings. The average Bonchev–Trinajstić information content (AvgIpc) is 3.35. The van der Waals surface area contributed by atoms with Gasteiger partial charge in [0, 0.05) is 43.0 Å². The van der Waals surface area contributed by atoms with Crippen LogP contribution in [0.25, 0.3) is 22.8 Å². The van der Waals surface area contributed by atoms with Gasteiger partial charge in [-0.2, -0.15) is 8.78 Å². The van der Waals surface area contributed by atoms with Crippen molar-refractivity contribution in [2.24, 2.45) is 7.05 Å².